The van der Waals surface area contributed by atoms with Gasteiger partial charge in [-0.05, 0) is 23.3 Å². The van der Waals surface area contributed by atoms with Gasteiger partial charge in [0.05, 0.1) is 6.61 Å². The molecule has 2 aromatic rings. The highest BCUT2D eigenvalue weighted by Gasteiger charge is 2.12. The van der Waals surface area contributed by atoms with Crippen molar-refractivity contribution >= 4 is 6.29 Å². The van der Waals surface area contributed by atoms with Crippen molar-refractivity contribution in [1.82, 2.24) is 0 Å². The average molecular weight is 278 g/mol. The van der Waals surface area contributed by atoms with Crippen molar-refractivity contribution in [2.75, 3.05) is 0 Å². The molecular formula is C15H12F2O3. The lowest BCUT2D eigenvalue weighted by Gasteiger charge is -2.09. The zero-order chi connectivity index (χ0) is 14.5. The predicted octanol–water partition coefficient (Wildman–Crippen LogP) is 2.85. The van der Waals surface area contributed by atoms with Crippen LogP contribution >= 0.6 is 0 Å². The number of hydrogen-bond acceptors (Lipinski definition) is 3. The first-order valence-electron chi connectivity index (χ1n) is 5.89. The lowest BCUT2D eigenvalue weighted by Crippen LogP contribution is -2.01. The molecule has 0 aromatic heterocycles. The molecule has 5 heteroatoms. The van der Waals surface area contributed by atoms with Crippen LogP contribution < -0.4 is 4.74 Å². The summed E-state index contributed by atoms with van der Waals surface area (Å²) < 4.78 is 32.2. The quantitative estimate of drug-likeness (QED) is 0.855. The third-order valence-corrected chi connectivity index (χ3v) is 2.75. The van der Waals surface area contributed by atoms with Crippen LogP contribution in [0.2, 0.25) is 0 Å². The summed E-state index contributed by atoms with van der Waals surface area (Å²) in [7, 11) is 0. The van der Waals surface area contributed by atoms with Gasteiger partial charge >= 0.3 is 0 Å². The Labute approximate surface area is 114 Å². The number of carbonyl (C=O) groups excluding carboxylic acids is 1. The molecule has 0 spiro atoms. The van der Waals surface area contributed by atoms with Crippen LogP contribution in [0.4, 0.5) is 8.78 Å². The number of aliphatic hydroxyl groups is 1. The van der Waals surface area contributed by atoms with Gasteiger partial charge in [0.1, 0.15) is 12.9 Å². The molecule has 0 amide bonds. The normalized spacial score (nSPS) is 10.3. The van der Waals surface area contributed by atoms with Gasteiger partial charge in [0, 0.05) is 5.56 Å². The van der Waals surface area contributed by atoms with Gasteiger partial charge < -0.3 is 9.84 Å². The molecule has 0 saturated carbocycles. The molecule has 0 aliphatic carbocycles. The number of aldehydes is 1. The van der Waals surface area contributed by atoms with Crippen molar-refractivity contribution < 1.29 is 23.4 Å². The fourth-order valence-corrected chi connectivity index (χ4v) is 1.68. The molecule has 0 bridgehead atoms. The fourth-order valence-electron chi connectivity index (χ4n) is 1.68. The maximum absolute atomic E-state index is 13.6. The molecule has 0 saturated heterocycles. The van der Waals surface area contributed by atoms with Gasteiger partial charge in [0.15, 0.2) is 17.4 Å². The summed E-state index contributed by atoms with van der Waals surface area (Å²) in [6, 6.07) is 8.62. The second-order valence-corrected chi connectivity index (χ2v) is 4.19. The van der Waals surface area contributed by atoms with Crippen molar-refractivity contribution in [2.24, 2.45) is 0 Å². The van der Waals surface area contributed by atoms with E-state index < -0.39 is 17.4 Å². The van der Waals surface area contributed by atoms with Gasteiger partial charge in [-0.15, -0.1) is 0 Å². The first kappa shape index (κ1) is 14.1. The van der Waals surface area contributed by atoms with Gasteiger partial charge in [-0.1, -0.05) is 24.3 Å². The Morgan fingerprint density at radius 2 is 1.60 bits per heavy atom. The van der Waals surface area contributed by atoms with E-state index in [0.717, 1.165) is 17.7 Å². The Morgan fingerprint density at radius 3 is 2.10 bits per heavy atom. The summed E-state index contributed by atoms with van der Waals surface area (Å²) in [5, 5.41) is 8.90. The third-order valence-electron chi connectivity index (χ3n) is 2.75. The van der Waals surface area contributed by atoms with Gasteiger partial charge in [-0.25, -0.2) is 8.78 Å². The van der Waals surface area contributed by atoms with Crippen molar-refractivity contribution in [3.8, 4) is 5.75 Å². The minimum absolute atomic E-state index is 0.0139. The lowest BCUT2D eigenvalue weighted by atomic mass is 10.1. The number of hydrogen-bond donors (Lipinski definition) is 1. The monoisotopic (exact) mass is 278 g/mol. The Morgan fingerprint density at radius 1 is 1.05 bits per heavy atom. The van der Waals surface area contributed by atoms with E-state index >= 15 is 0 Å². The number of carbonyl (C=O) groups is 1. The van der Waals surface area contributed by atoms with E-state index in [-0.39, 0.29) is 18.8 Å². The van der Waals surface area contributed by atoms with E-state index in [9.17, 15) is 13.6 Å². The minimum Gasteiger partial charge on any atom is -0.483 e. The van der Waals surface area contributed by atoms with E-state index in [2.05, 4.69) is 0 Å². The Hall–Kier alpha value is -2.27. The summed E-state index contributed by atoms with van der Waals surface area (Å²) in [6.45, 7) is -0.0858. The van der Waals surface area contributed by atoms with Crippen LogP contribution in [0.5, 0.6) is 5.75 Å². The first-order valence-corrected chi connectivity index (χ1v) is 5.89. The molecule has 104 valence electrons. The second kappa shape index (κ2) is 6.25. The molecule has 0 heterocycles. The van der Waals surface area contributed by atoms with Crippen LogP contribution in [0.1, 0.15) is 21.5 Å². The van der Waals surface area contributed by atoms with Crippen LogP contribution in [0, 0.1) is 11.6 Å². The molecule has 1 N–H and O–H groups in total. The molecule has 2 rings (SSSR count). The lowest BCUT2D eigenvalue weighted by molar-refractivity contribution is 0.112. The van der Waals surface area contributed by atoms with Gasteiger partial charge in [0.2, 0.25) is 0 Å². The van der Waals surface area contributed by atoms with Crippen LogP contribution in [0.15, 0.2) is 36.4 Å². The zero-order valence-corrected chi connectivity index (χ0v) is 10.5. The molecule has 20 heavy (non-hydrogen) atoms. The van der Waals surface area contributed by atoms with Crippen molar-refractivity contribution in [1.29, 1.82) is 0 Å². The molecule has 0 radical (unpaired) electrons. The molecule has 0 aliphatic rings. The smallest absolute Gasteiger partial charge is 0.191 e. The van der Waals surface area contributed by atoms with Crippen LogP contribution in [-0.2, 0) is 13.2 Å². The first-order chi connectivity index (χ1) is 9.63. The molecule has 0 fully saturated rings. The summed E-state index contributed by atoms with van der Waals surface area (Å²) >= 11 is 0. The standard InChI is InChI=1S/C15H12F2O3/c16-13-5-12(8-19)6-14(17)15(13)20-9-11-3-1-10(7-18)2-4-11/h1-6,8,18H,7,9H2. The molecule has 3 nitrogen and oxygen atoms in total. The molecular weight excluding hydrogens is 266 g/mol. The van der Waals surface area contributed by atoms with Gasteiger partial charge in [0.25, 0.3) is 0 Å². The number of aliphatic hydroxyl groups excluding tert-OH is 1. The summed E-state index contributed by atoms with van der Waals surface area (Å²) in [5.41, 5.74) is 1.36. The van der Waals surface area contributed by atoms with Gasteiger partial charge in [-0.2, -0.15) is 0 Å². The topological polar surface area (TPSA) is 46.5 Å². The third kappa shape index (κ3) is 3.19. The Bertz CT molecular complexity index is 586. The highest BCUT2D eigenvalue weighted by molar-refractivity contribution is 5.75. The van der Waals surface area contributed by atoms with Gasteiger partial charge in [-0.3, -0.25) is 4.79 Å². The Kier molecular flexibility index (Phi) is 4.42. The summed E-state index contributed by atoms with van der Waals surface area (Å²) in [5.74, 6) is -2.35. The van der Waals surface area contributed by atoms with Crippen LogP contribution in [0.25, 0.3) is 0 Å². The molecule has 0 unspecified atom stereocenters. The zero-order valence-electron chi connectivity index (χ0n) is 10.5. The predicted molar refractivity (Wildman–Crippen MR) is 68.4 cm³/mol. The fraction of sp³-hybridized carbons (Fsp3) is 0.133. The van der Waals surface area contributed by atoms with E-state index in [1.54, 1.807) is 24.3 Å². The summed E-state index contributed by atoms with van der Waals surface area (Å²) in [6.07, 6.45) is 0.365. The van der Waals surface area contributed by atoms with E-state index in [4.69, 9.17) is 9.84 Å². The van der Waals surface area contributed by atoms with Crippen LogP contribution in [0.3, 0.4) is 0 Å². The molecule has 0 atom stereocenters. The second-order valence-electron chi connectivity index (χ2n) is 4.19. The molecule has 0 aliphatic heterocycles. The van der Waals surface area contributed by atoms with E-state index in [1.807, 2.05) is 0 Å². The van der Waals surface area contributed by atoms with Crippen molar-refractivity contribution in [3.63, 3.8) is 0 Å². The number of halogens is 2. The van der Waals surface area contributed by atoms with E-state index in [0.29, 0.717) is 11.8 Å². The minimum atomic E-state index is -0.918. The largest absolute Gasteiger partial charge is 0.483 e. The maximum atomic E-state index is 13.6. The van der Waals surface area contributed by atoms with Crippen LogP contribution in [-0.4, -0.2) is 11.4 Å². The SMILES string of the molecule is O=Cc1cc(F)c(OCc2ccc(CO)cc2)c(F)c1. The van der Waals surface area contributed by atoms with E-state index in [1.165, 1.54) is 0 Å². The molecule has 2 aromatic carbocycles. The maximum Gasteiger partial charge on any atom is 0.191 e. The highest BCUT2D eigenvalue weighted by atomic mass is 19.1. The van der Waals surface area contributed by atoms with Crippen molar-refractivity contribution in [3.05, 3.63) is 64.7 Å². The Balaban J connectivity index is 2.12. The number of rotatable bonds is 5. The van der Waals surface area contributed by atoms with Crippen molar-refractivity contribution in [2.45, 2.75) is 13.2 Å². The number of ether oxygens (including phenoxy) is 1. The summed E-state index contributed by atoms with van der Waals surface area (Å²) in [4.78, 5) is 10.5. The average Bonchev–Trinajstić information content (AvgIpc) is 2.46. The number of benzene rings is 2. The highest BCUT2D eigenvalue weighted by Crippen LogP contribution is 2.23.